The number of aromatic nitrogens is 3. The maximum absolute atomic E-state index is 13.9. The summed E-state index contributed by atoms with van der Waals surface area (Å²) in [5.74, 6) is 0.410. The van der Waals surface area contributed by atoms with Crippen LogP contribution in [0.2, 0.25) is 0 Å². The van der Waals surface area contributed by atoms with E-state index in [4.69, 9.17) is 11.6 Å². The standard InChI is InChI=1S/C16H15ClFN3/c1-9-7-13-16(19-8-9)21(15(20-13)11(3)17)14-6-4-5-12(18)10(14)2/h4-8,11H,1-3H3. The van der Waals surface area contributed by atoms with Gasteiger partial charge in [0.1, 0.15) is 17.2 Å². The predicted octanol–water partition coefficient (Wildman–Crippen LogP) is 4.48. The Bertz CT molecular complexity index is 824. The zero-order chi connectivity index (χ0) is 15.1. The average molecular weight is 304 g/mol. The highest BCUT2D eigenvalue weighted by Gasteiger charge is 2.19. The Kier molecular flexibility index (Phi) is 3.41. The number of pyridine rings is 1. The Balaban J connectivity index is 2.39. The lowest BCUT2D eigenvalue weighted by molar-refractivity contribution is 0.616. The van der Waals surface area contributed by atoms with E-state index in [1.807, 2.05) is 30.5 Å². The van der Waals surface area contributed by atoms with Gasteiger partial charge in [-0.2, -0.15) is 0 Å². The van der Waals surface area contributed by atoms with Crippen molar-refractivity contribution in [1.82, 2.24) is 14.5 Å². The van der Waals surface area contributed by atoms with Crippen LogP contribution in [0.1, 0.15) is 29.3 Å². The van der Waals surface area contributed by atoms with Crippen molar-refractivity contribution in [3.05, 3.63) is 53.2 Å². The lowest BCUT2D eigenvalue weighted by atomic mass is 10.2. The highest BCUT2D eigenvalue weighted by atomic mass is 35.5. The third-order valence-electron chi connectivity index (χ3n) is 3.50. The molecule has 0 aliphatic heterocycles. The van der Waals surface area contributed by atoms with E-state index in [0.29, 0.717) is 17.0 Å². The van der Waals surface area contributed by atoms with Crippen molar-refractivity contribution in [3.63, 3.8) is 0 Å². The second-order valence-corrected chi connectivity index (χ2v) is 5.82. The van der Waals surface area contributed by atoms with Crippen LogP contribution in [0.25, 0.3) is 16.9 Å². The molecule has 2 heterocycles. The van der Waals surface area contributed by atoms with E-state index < -0.39 is 0 Å². The van der Waals surface area contributed by atoms with Crippen LogP contribution in [0.4, 0.5) is 4.39 Å². The van der Waals surface area contributed by atoms with Crippen molar-refractivity contribution in [2.24, 2.45) is 0 Å². The normalized spacial score (nSPS) is 12.8. The number of fused-ring (bicyclic) bond motifs is 1. The highest BCUT2D eigenvalue weighted by Crippen LogP contribution is 2.29. The molecule has 0 N–H and O–H groups in total. The molecule has 5 heteroatoms. The van der Waals surface area contributed by atoms with Gasteiger partial charge in [0.05, 0.1) is 11.1 Å². The molecule has 3 nitrogen and oxygen atoms in total. The second kappa shape index (κ2) is 5.11. The van der Waals surface area contributed by atoms with Crippen molar-refractivity contribution in [3.8, 4) is 5.69 Å². The summed E-state index contributed by atoms with van der Waals surface area (Å²) < 4.78 is 15.7. The van der Waals surface area contributed by atoms with E-state index in [0.717, 1.165) is 16.8 Å². The molecule has 0 fully saturated rings. The molecule has 0 aliphatic rings. The van der Waals surface area contributed by atoms with Crippen molar-refractivity contribution in [1.29, 1.82) is 0 Å². The number of nitrogens with zero attached hydrogens (tertiary/aromatic N) is 3. The van der Waals surface area contributed by atoms with Crippen molar-refractivity contribution in [2.45, 2.75) is 26.1 Å². The minimum absolute atomic E-state index is 0.255. The monoisotopic (exact) mass is 303 g/mol. The van der Waals surface area contributed by atoms with Crippen LogP contribution < -0.4 is 0 Å². The number of hydrogen-bond acceptors (Lipinski definition) is 2. The first kappa shape index (κ1) is 14.0. The van der Waals surface area contributed by atoms with Gasteiger partial charge in [0.25, 0.3) is 0 Å². The molecule has 3 aromatic rings. The molecule has 1 aromatic carbocycles. The third-order valence-corrected chi connectivity index (χ3v) is 3.69. The number of hydrogen-bond donors (Lipinski definition) is 0. The Morgan fingerprint density at radius 2 is 2.05 bits per heavy atom. The lowest BCUT2D eigenvalue weighted by Gasteiger charge is -2.13. The smallest absolute Gasteiger partial charge is 0.164 e. The van der Waals surface area contributed by atoms with Gasteiger partial charge in [-0.05, 0) is 44.5 Å². The summed E-state index contributed by atoms with van der Waals surface area (Å²) in [7, 11) is 0. The molecule has 0 bridgehead atoms. The SMILES string of the molecule is Cc1cnc2c(c1)nc(C(C)Cl)n2-c1cccc(F)c1C. The lowest BCUT2D eigenvalue weighted by Crippen LogP contribution is -2.05. The number of halogens is 2. The van der Waals surface area contributed by atoms with Gasteiger partial charge < -0.3 is 0 Å². The van der Waals surface area contributed by atoms with Crippen LogP contribution >= 0.6 is 11.6 Å². The molecular weight excluding hydrogens is 289 g/mol. The van der Waals surface area contributed by atoms with Gasteiger partial charge in [0, 0.05) is 11.8 Å². The van der Waals surface area contributed by atoms with Crippen LogP contribution in [0.3, 0.4) is 0 Å². The summed E-state index contributed by atoms with van der Waals surface area (Å²) in [4.78, 5) is 9.02. The molecule has 1 atom stereocenters. The Hall–Kier alpha value is -1.94. The van der Waals surface area contributed by atoms with E-state index in [1.54, 1.807) is 19.2 Å². The van der Waals surface area contributed by atoms with Crippen molar-refractivity contribution >= 4 is 22.8 Å². The molecule has 21 heavy (non-hydrogen) atoms. The molecule has 0 saturated heterocycles. The molecular formula is C16H15ClFN3. The molecule has 0 saturated carbocycles. The number of aryl methyl sites for hydroxylation is 1. The minimum atomic E-state index is -0.304. The van der Waals surface area contributed by atoms with E-state index >= 15 is 0 Å². The van der Waals surface area contributed by atoms with E-state index in [-0.39, 0.29) is 11.2 Å². The van der Waals surface area contributed by atoms with E-state index in [9.17, 15) is 4.39 Å². The van der Waals surface area contributed by atoms with Crippen LogP contribution in [0, 0.1) is 19.7 Å². The topological polar surface area (TPSA) is 30.7 Å². The summed E-state index contributed by atoms with van der Waals surface area (Å²) in [5, 5.41) is -0.304. The molecule has 0 radical (unpaired) electrons. The van der Waals surface area contributed by atoms with Crippen LogP contribution in [-0.2, 0) is 0 Å². The van der Waals surface area contributed by atoms with Gasteiger partial charge in [0.2, 0.25) is 0 Å². The first-order chi connectivity index (χ1) is 9.99. The van der Waals surface area contributed by atoms with Crippen LogP contribution in [-0.4, -0.2) is 14.5 Å². The minimum Gasteiger partial charge on any atom is -0.279 e. The van der Waals surface area contributed by atoms with Crippen molar-refractivity contribution in [2.75, 3.05) is 0 Å². The van der Waals surface area contributed by atoms with E-state index in [2.05, 4.69) is 9.97 Å². The van der Waals surface area contributed by atoms with Crippen LogP contribution in [0.5, 0.6) is 0 Å². The van der Waals surface area contributed by atoms with E-state index in [1.165, 1.54) is 6.07 Å². The molecule has 0 amide bonds. The van der Waals surface area contributed by atoms with Gasteiger partial charge in [-0.3, -0.25) is 4.57 Å². The first-order valence-corrected chi connectivity index (χ1v) is 7.17. The summed E-state index contributed by atoms with van der Waals surface area (Å²) in [5.41, 5.74) is 3.75. The van der Waals surface area contributed by atoms with Gasteiger partial charge in [-0.15, -0.1) is 11.6 Å². The van der Waals surface area contributed by atoms with Crippen LogP contribution in [0.15, 0.2) is 30.5 Å². The third kappa shape index (κ3) is 2.29. The number of benzene rings is 1. The second-order valence-electron chi connectivity index (χ2n) is 5.16. The summed E-state index contributed by atoms with van der Waals surface area (Å²) in [6, 6.07) is 6.93. The maximum atomic E-state index is 13.9. The quantitative estimate of drug-likeness (QED) is 0.654. The predicted molar refractivity (Wildman–Crippen MR) is 82.6 cm³/mol. The fourth-order valence-corrected chi connectivity index (χ4v) is 2.57. The molecule has 0 aliphatic carbocycles. The first-order valence-electron chi connectivity index (χ1n) is 6.73. The molecule has 1 unspecified atom stereocenters. The number of rotatable bonds is 2. The largest absolute Gasteiger partial charge is 0.279 e. The maximum Gasteiger partial charge on any atom is 0.164 e. The molecule has 0 spiro atoms. The summed E-state index contributed by atoms with van der Waals surface area (Å²) in [6.07, 6.45) is 1.78. The fraction of sp³-hybridized carbons (Fsp3) is 0.250. The molecule has 2 aromatic heterocycles. The average Bonchev–Trinajstić information content (AvgIpc) is 2.80. The Morgan fingerprint density at radius 1 is 1.29 bits per heavy atom. The number of alkyl halides is 1. The summed E-state index contributed by atoms with van der Waals surface area (Å²) in [6.45, 7) is 5.55. The van der Waals surface area contributed by atoms with Gasteiger partial charge in [0.15, 0.2) is 5.65 Å². The number of imidazole rings is 1. The highest BCUT2D eigenvalue weighted by molar-refractivity contribution is 6.20. The molecule has 108 valence electrons. The Labute approximate surface area is 127 Å². The summed E-state index contributed by atoms with van der Waals surface area (Å²) >= 11 is 6.26. The van der Waals surface area contributed by atoms with Gasteiger partial charge >= 0.3 is 0 Å². The zero-order valence-corrected chi connectivity index (χ0v) is 12.8. The van der Waals surface area contributed by atoms with Gasteiger partial charge in [-0.25, -0.2) is 14.4 Å². The zero-order valence-electron chi connectivity index (χ0n) is 12.1. The molecule has 3 rings (SSSR count). The Morgan fingerprint density at radius 3 is 2.76 bits per heavy atom. The van der Waals surface area contributed by atoms with Gasteiger partial charge in [-0.1, -0.05) is 6.07 Å². The van der Waals surface area contributed by atoms with Crippen molar-refractivity contribution < 1.29 is 4.39 Å². The fourth-order valence-electron chi connectivity index (χ4n) is 2.43.